The molecular formula is C55H110O2. The van der Waals surface area contributed by atoms with E-state index < -0.39 is 0 Å². The summed E-state index contributed by atoms with van der Waals surface area (Å²) in [7, 11) is 0. The molecule has 0 saturated carbocycles. The van der Waals surface area contributed by atoms with Crippen molar-refractivity contribution in [2.75, 3.05) is 6.61 Å². The van der Waals surface area contributed by atoms with Crippen molar-refractivity contribution in [2.24, 2.45) is 0 Å². The van der Waals surface area contributed by atoms with Crippen molar-refractivity contribution >= 4 is 5.97 Å². The molecule has 0 radical (unpaired) electrons. The van der Waals surface area contributed by atoms with Crippen LogP contribution in [0.4, 0.5) is 0 Å². The van der Waals surface area contributed by atoms with Gasteiger partial charge in [0.2, 0.25) is 0 Å². The fraction of sp³-hybridized carbons (Fsp3) is 0.982. The van der Waals surface area contributed by atoms with Crippen molar-refractivity contribution in [1.29, 1.82) is 0 Å². The molecule has 0 aliphatic heterocycles. The van der Waals surface area contributed by atoms with Gasteiger partial charge in [-0.25, -0.2) is 0 Å². The molecule has 2 heteroatoms. The van der Waals surface area contributed by atoms with E-state index >= 15 is 0 Å². The highest BCUT2D eigenvalue weighted by atomic mass is 16.5. The Morgan fingerprint density at radius 1 is 0.228 bits per heavy atom. The normalized spacial score (nSPS) is 11.5. The van der Waals surface area contributed by atoms with Crippen LogP contribution < -0.4 is 0 Å². The smallest absolute Gasteiger partial charge is 0.305 e. The fourth-order valence-electron chi connectivity index (χ4n) is 8.91. The first kappa shape index (κ1) is 56.5. The van der Waals surface area contributed by atoms with E-state index in [9.17, 15) is 4.79 Å². The third-order valence-electron chi connectivity index (χ3n) is 13.0. The zero-order chi connectivity index (χ0) is 41.1. The summed E-state index contributed by atoms with van der Waals surface area (Å²) in [5.41, 5.74) is 0. The van der Waals surface area contributed by atoms with Gasteiger partial charge in [0.25, 0.3) is 0 Å². The van der Waals surface area contributed by atoms with E-state index in [1.807, 2.05) is 0 Å². The molecule has 57 heavy (non-hydrogen) atoms. The van der Waals surface area contributed by atoms with Gasteiger partial charge in [-0.15, -0.1) is 0 Å². The summed E-state index contributed by atoms with van der Waals surface area (Å²) in [6.07, 6.45) is 71.3. The van der Waals surface area contributed by atoms with Gasteiger partial charge >= 0.3 is 5.97 Å². The minimum Gasteiger partial charge on any atom is -0.466 e. The van der Waals surface area contributed by atoms with Gasteiger partial charge in [-0.2, -0.15) is 0 Å². The van der Waals surface area contributed by atoms with Crippen LogP contribution in [0, 0.1) is 0 Å². The molecule has 0 aliphatic carbocycles. The summed E-state index contributed by atoms with van der Waals surface area (Å²) in [5, 5.41) is 0. The Balaban J connectivity index is 3.14. The number of rotatable bonds is 52. The largest absolute Gasteiger partial charge is 0.466 e. The number of carbonyl (C=O) groups is 1. The lowest BCUT2D eigenvalue weighted by Gasteiger charge is -2.06. The molecule has 0 aromatic carbocycles. The number of hydrogen-bond donors (Lipinski definition) is 0. The average molecular weight is 803 g/mol. The van der Waals surface area contributed by atoms with E-state index in [4.69, 9.17) is 4.74 Å². The van der Waals surface area contributed by atoms with Gasteiger partial charge in [0.15, 0.2) is 0 Å². The Bertz CT molecular complexity index is 703. The van der Waals surface area contributed by atoms with E-state index in [-0.39, 0.29) is 5.97 Å². The molecule has 0 fully saturated rings. The predicted octanol–water partition coefficient (Wildman–Crippen LogP) is 20.5. The van der Waals surface area contributed by atoms with Crippen molar-refractivity contribution in [3.05, 3.63) is 0 Å². The van der Waals surface area contributed by atoms with E-state index in [0.717, 1.165) is 12.8 Å². The topological polar surface area (TPSA) is 26.3 Å². The Morgan fingerprint density at radius 3 is 0.579 bits per heavy atom. The third-order valence-corrected chi connectivity index (χ3v) is 13.0. The van der Waals surface area contributed by atoms with Crippen LogP contribution in [0.3, 0.4) is 0 Å². The summed E-state index contributed by atoms with van der Waals surface area (Å²) >= 11 is 0. The molecular weight excluding hydrogens is 693 g/mol. The Labute approximate surface area is 362 Å². The van der Waals surface area contributed by atoms with Gasteiger partial charge in [-0.05, 0) is 12.8 Å². The first-order chi connectivity index (χ1) is 28.3. The van der Waals surface area contributed by atoms with E-state index in [1.165, 1.54) is 308 Å². The minimum atomic E-state index is 0.0355. The summed E-state index contributed by atoms with van der Waals surface area (Å²) in [4.78, 5) is 12.1. The molecule has 0 aromatic heterocycles. The standard InChI is InChI=1S/C55H110O2/c1-3-5-7-9-11-13-15-17-19-21-23-25-27-28-29-30-32-34-36-38-40-42-44-46-48-50-52-54-57-55(56)53-51-49-47-45-43-41-39-37-35-33-31-26-24-22-20-18-16-14-12-10-8-6-4-2/h3-54H2,1-2H3. The second-order valence-corrected chi connectivity index (χ2v) is 18.9. The number of esters is 1. The van der Waals surface area contributed by atoms with Gasteiger partial charge in [-0.3, -0.25) is 4.79 Å². The summed E-state index contributed by atoms with van der Waals surface area (Å²) in [6.45, 7) is 5.25. The molecule has 0 unspecified atom stereocenters. The number of unbranched alkanes of at least 4 members (excludes halogenated alkanes) is 48. The summed E-state index contributed by atoms with van der Waals surface area (Å²) in [5.74, 6) is 0.0355. The van der Waals surface area contributed by atoms with Crippen LogP contribution >= 0.6 is 0 Å². The highest BCUT2D eigenvalue weighted by Gasteiger charge is 2.03. The van der Waals surface area contributed by atoms with Crippen LogP contribution in [0.25, 0.3) is 0 Å². The maximum atomic E-state index is 12.1. The van der Waals surface area contributed by atoms with Crippen LogP contribution in [-0.2, 0) is 9.53 Å². The maximum absolute atomic E-state index is 12.1. The minimum absolute atomic E-state index is 0.0355. The van der Waals surface area contributed by atoms with Crippen LogP contribution in [-0.4, -0.2) is 12.6 Å². The summed E-state index contributed by atoms with van der Waals surface area (Å²) < 4.78 is 5.51. The lowest BCUT2D eigenvalue weighted by atomic mass is 10.0. The fourth-order valence-corrected chi connectivity index (χ4v) is 8.91. The Hall–Kier alpha value is -0.530. The zero-order valence-corrected chi connectivity index (χ0v) is 40.1. The van der Waals surface area contributed by atoms with Crippen molar-refractivity contribution in [2.45, 2.75) is 341 Å². The molecule has 0 aromatic rings. The van der Waals surface area contributed by atoms with Crippen LogP contribution in [0.15, 0.2) is 0 Å². The number of carbonyl (C=O) groups excluding carboxylic acids is 1. The molecule has 0 atom stereocenters. The van der Waals surface area contributed by atoms with Crippen molar-refractivity contribution in [3.8, 4) is 0 Å². The predicted molar refractivity (Wildman–Crippen MR) is 258 cm³/mol. The highest BCUT2D eigenvalue weighted by Crippen LogP contribution is 2.18. The summed E-state index contributed by atoms with van der Waals surface area (Å²) in [6, 6.07) is 0. The van der Waals surface area contributed by atoms with Gasteiger partial charge in [0.05, 0.1) is 6.61 Å². The molecule has 0 spiro atoms. The first-order valence-corrected chi connectivity index (χ1v) is 27.5. The number of ether oxygens (including phenoxy) is 1. The lowest BCUT2D eigenvalue weighted by Crippen LogP contribution is -2.05. The average Bonchev–Trinajstić information content (AvgIpc) is 3.22. The molecule has 0 heterocycles. The lowest BCUT2D eigenvalue weighted by molar-refractivity contribution is -0.143. The van der Waals surface area contributed by atoms with Crippen LogP contribution in [0.5, 0.6) is 0 Å². The molecule has 342 valence electrons. The third kappa shape index (κ3) is 53.5. The molecule has 0 aliphatic rings. The molecule has 0 amide bonds. The molecule has 2 nitrogen and oxygen atoms in total. The van der Waals surface area contributed by atoms with Gasteiger partial charge in [0.1, 0.15) is 0 Å². The van der Waals surface area contributed by atoms with E-state index in [1.54, 1.807) is 0 Å². The second kappa shape index (κ2) is 53.5. The monoisotopic (exact) mass is 803 g/mol. The van der Waals surface area contributed by atoms with Crippen LogP contribution in [0.1, 0.15) is 341 Å². The zero-order valence-electron chi connectivity index (χ0n) is 40.1. The van der Waals surface area contributed by atoms with E-state index in [0.29, 0.717) is 13.0 Å². The Morgan fingerprint density at radius 2 is 0.386 bits per heavy atom. The van der Waals surface area contributed by atoms with E-state index in [2.05, 4.69) is 13.8 Å². The van der Waals surface area contributed by atoms with Crippen molar-refractivity contribution in [1.82, 2.24) is 0 Å². The van der Waals surface area contributed by atoms with Crippen molar-refractivity contribution < 1.29 is 9.53 Å². The number of hydrogen-bond acceptors (Lipinski definition) is 2. The molecule has 0 bridgehead atoms. The maximum Gasteiger partial charge on any atom is 0.305 e. The van der Waals surface area contributed by atoms with Crippen LogP contribution in [0.2, 0.25) is 0 Å². The van der Waals surface area contributed by atoms with Gasteiger partial charge in [0, 0.05) is 6.42 Å². The molecule has 0 N–H and O–H groups in total. The van der Waals surface area contributed by atoms with Gasteiger partial charge < -0.3 is 4.74 Å². The SMILES string of the molecule is CCCCCCCCCCCCCCCCCCCCCCCCCCCCCOC(=O)CCCCCCCCCCCCCCCCCCCCCCCCC. The quantitative estimate of drug-likeness (QED) is 0.0452. The molecule has 0 saturated heterocycles. The van der Waals surface area contributed by atoms with Crippen molar-refractivity contribution in [3.63, 3.8) is 0 Å². The first-order valence-electron chi connectivity index (χ1n) is 27.5. The Kier molecular flexibility index (Phi) is 53.0. The second-order valence-electron chi connectivity index (χ2n) is 18.9. The highest BCUT2D eigenvalue weighted by molar-refractivity contribution is 5.69. The van der Waals surface area contributed by atoms with Gasteiger partial charge in [-0.1, -0.05) is 322 Å². The molecule has 0 rings (SSSR count).